The maximum atomic E-state index is 12.8. The molecule has 0 bridgehead atoms. The summed E-state index contributed by atoms with van der Waals surface area (Å²) in [6, 6.07) is 4.87. The van der Waals surface area contributed by atoms with E-state index in [2.05, 4.69) is 16.0 Å². The Bertz CT molecular complexity index is 774. The van der Waals surface area contributed by atoms with E-state index in [1.807, 2.05) is 6.07 Å². The Morgan fingerprint density at radius 3 is 2.65 bits per heavy atom. The molecule has 26 heavy (non-hydrogen) atoms. The minimum absolute atomic E-state index is 0.0127. The second-order valence-corrected chi connectivity index (χ2v) is 7.09. The third-order valence-corrected chi connectivity index (χ3v) is 5.64. The van der Waals surface area contributed by atoms with Crippen LogP contribution in [0, 0.1) is 5.92 Å². The van der Waals surface area contributed by atoms with Crippen molar-refractivity contribution in [3.8, 4) is 5.75 Å². The highest BCUT2D eigenvalue weighted by Crippen LogP contribution is 2.33. The van der Waals surface area contributed by atoms with Crippen molar-refractivity contribution in [1.82, 2.24) is 20.9 Å². The molecular formula is C18H22N4O4. The van der Waals surface area contributed by atoms with Gasteiger partial charge in [0.1, 0.15) is 11.3 Å². The largest absolute Gasteiger partial charge is 0.497 e. The van der Waals surface area contributed by atoms with Gasteiger partial charge in [0.25, 0.3) is 11.8 Å². The smallest absolute Gasteiger partial charge is 0.322 e. The van der Waals surface area contributed by atoms with Gasteiger partial charge in [0.2, 0.25) is 0 Å². The lowest BCUT2D eigenvalue weighted by molar-refractivity contribution is -0.127. The van der Waals surface area contributed by atoms with Crippen LogP contribution in [0.15, 0.2) is 18.2 Å². The summed E-state index contributed by atoms with van der Waals surface area (Å²) in [6.07, 6.45) is 1.55. The molecule has 2 fully saturated rings. The van der Waals surface area contributed by atoms with Crippen LogP contribution in [0.3, 0.4) is 0 Å². The predicted octanol–water partition coefficient (Wildman–Crippen LogP) is 0.229. The number of amides is 4. The average molecular weight is 358 g/mol. The molecule has 0 saturated carbocycles. The topological polar surface area (TPSA) is 99.8 Å². The zero-order chi connectivity index (χ0) is 18.3. The molecule has 0 radical (unpaired) electrons. The number of carbonyl (C=O) groups excluding carboxylic acids is 3. The van der Waals surface area contributed by atoms with Crippen molar-refractivity contribution < 1.29 is 19.1 Å². The molecule has 4 rings (SSSR count). The van der Waals surface area contributed by atoms with Gasteiger partial charge in [-0.05, 0) is 55.6 Å². The molecule has 8 heteroatoms. The SMILES string of the molecule is COc1ccc2c(c1)CN(CC1(C3CCNCC3)NC(=O)NC1=O)C2=O. The Morgan fingerprint density at radius 1 is 1.23 bits per heavy atom. The normalized spacial score (nSPS) is 25.9. The van der Waals surface area contributed by atoms with E-state index in [4.69, 9.17) is 4.74 Å². The zero-order valence-electron chi connectivity index (χ0n) is 14.6. The minimum atomic E-state index is -1.07. The van der Waals surface area contributed by atoms with Gasteiger partial charge < -0.3 is 20.3 Å². The van der Waals surface area contributed by atoms with Gasteiger partial charge >= 0.3 is 6.03 Å². The number of urea groups is 1. The van der Waals surface area contributed by atoms with Crippen molar-refractivity contribution >= 4 is 17.8 Å². The number of ether oxygens (including phenoxy) is 1. The van der Waals surface area contributed by atoms with Crippen molar-refractivity contribution in [3.05, 3.63) is 29.3 Å². The first-order chi connectivity index (χ1) is 12.5. The molecule has 0 spiro atoms. The van der Waals surface area contributed by atoms with Crippen molar-refractivity contribution in [2.24, 2.45) is 5.92 Å². The van der Waals surface area contributed by atoms with Gasteiger partial charge in [0, 0.05) is 12.1 Å². The summed E-state index contributed by atoms with van der Waals surface area (Å²) >= 11 is 0. The lowest BCUT2D eigenvalue weighted by Crippen LogP contribution is -2.61. The van der Waals surface area contributed by atoms with Crippen LogP contribution >= 0.6 is 0 Å². The third-order valence-electron chi connectivity index (χ3n) is 5.64. The maximum Gasteiger partial charge on any atom is 0.322 e. The van der Waals surface area contributed by atoms with Gasteiger partial charge in [0.15, 0.2) is 0 Å². The van der Waals surface area contributed by atoms with Crippen LogP contribution in [-0.4, -0.2) is 55.0 Å². The van der Waals surface area contributed by atoms with Gasteiger partial charge in [-0.3, -0.25) is 14.9 Å². The number of hydrogen-bond donors (Lipinski definition) is 3. The fraction of sp³-hybridized carbons (Fsp3) is 0.500. The molecule has 0 aromatic heterocycles. The molecule has 1 aromatic rings. The summed E-state index contributed by atoms with van der Waals surface area (Å²) in [7, 11) is 1.58. The van der Waals surface area contributed by atoms with Crippen LogP contribution in [0.1, 0.15) is 28.8 Å². The Hall–Kier alpha value is -2.61. The summed E-state index contributed by atoms with van der Waals surface area (Å²) in [6.45, 7) is 2.16. The molecule has 8 nitrogen and oxygen atoms in total. The number of imide groups is 1. The minimum Gasteiger partial charge on any atom is -0.497 e. The first-order valence-electron chi connectivity index (χ1n) is 8.84. The summed E-state index contributed by atoms with van der Waals surface area (Å²) < 4.78 is 5.23. The molecule has 2 saturated heterocycles. The quantitative estimate of drug-likeness (QED) is 0.669. The Balaban J connectivity index is 1.62. The second-order valence-electron chi connectivity index (χ2n) is 7.09. The standard InChI is InChI=1S/C18H22N4O4/c1-26-13-2-3-14-11(8-13)9-22(15(14)23)10-18(12-4-6-19-7-5-12)16(24)20-17(25)21-18/h2-3,8,12,19H,4-7,9-10H2,1H3,(H2,20,21,24,25). The highest BCUT2D eigenvalue weighted by molar-refractivity contribution is 6.08. The first kappa shape index (κ1) is 16.8. The van der Waals surface area contributed by atoms with E-state index in [0.29, 0.717) is 17.9 Å². The van der Waals surface area contributed by atoms with Gasteiger partial charge in [0.05, 0.1) is 13.7 Å². The maximum absolute atomic E-state index is 12.8. The predicted molar refractivity (Wildman–Crippen MR) is 92.7 cm³/mol. The van der Waals surface area contributed by atoms with Crippen molar-refractivity contribution in [2.75, 3.05) is 26.7 Å². The van der Waals surface area contributed by atoms with Crippen LogP contribution in [0.5, 0.6) is 5.75 Å². The summed E-state index contributed by atoms with van der Waals surface area (Å²) in [5.74, 6) is 0.222. The van der Waals surface area contributed by atoms with Crippen LogP contribution < -0.4 is 20.7 Å². The van der Waals surface area contributed by atoms with Crippen LogP contribution in [0.25, 0.3) is 0 Å². The van der Waals surface area contributed by atoms with E-state index >= 15 is 0 Å². The lowest BCUT2D eigenvalue weighted by Gasteiger charge is -2.39. The van der Waals surface area contributed by atoms with Gasteiger partial charge in [-0.25, -0.2) is 4.79 Å². The Labute approximate surface area is 151 Å². The molecule has 4 amide bonds. The molecule has 1 aromatic carbocycles. The van der Waals surface area contributed by atoms with E-state index in [1.54, 1.807) is 24.1 Å². The number of nitrogens with one attached hydrogen (secondary N) is 3. The molecule has 3 aliphatic heterocycles. The number of benzene rings is 1. The fourth-order valence-corrected chi connectivity index (χ4v) is 4.26. The Kier molecular flexibility index (Phi) is 4.07. The highest BCUT2D eigenvalue weighted by Gasteiger charge is 2.53. The summed E-state index contributed by atoms with van der Waals surface area (Å²) in [5, 5.41) is 8.48. The molecular weight excluding hydrogens is 336 g/mol. The molecule has 1 atom stereocenters. The summed E-state index contributed by atoms with van der Waals surface area (Å²) in [5.41, 5.74) is 0.427. The van der Waals surface area contributed by atoms with Crippen molar-refractivity contribution in [3.63, 3.8) is 0 Å². The van der Waals surface area contributed by atoms with Crippen molar-refractivity contribution in [2.45, 2.75) is 24.9 Å². The number of piperidine rings is 1. The third kappa shape index (κ3) is 2.61. The number of hydrogen-bond acceptors (Lipinski definition) is 5. The monoisotopic (exact) mass is 358 g/mol. The van der Waals surface area contributed by atoms with E-state index in [-0.39, 0.29) is 24.3 Å². The van der Waals surface area contributed by atoms with Crippen LogP contribution in [-0.2, 0) is 11.3 Å². The van der Waals surface area contributed by atoms with E-state index < -0.39 is 11.6 Å². The molecule has 3 aliphatic rings. The van der Waals surface area contributed by atoms with Gasteiger partial charge in [-0.1, -0.05) is 0 Å². The highest BCUT2D eigenvalue weighted by atomic mass is 16.5. The number of carbonyl (C=O) groups is 3. The van der Waals surface area contributed by atoms with Gasteiger partial charge in [-0.15, -0.1) is 0 Å². The van der Waals surface area contributed by atoms with Crippen LogP contribution in [0.2, 0.25) is 0 Å². The number of rotatable bonds is 4. The molecule has 138 valence electrons. The summed E-state index contributed by atoms with van der Waals surface area (Å²) in [4.78, 5) is 39.1. The number of nitrogens with zero attached hydrogens (tertiary/aromatic N) is 1. The Morgan fingerprint density at radius 2 is 2.00 bits per heavy atom. The molecule has 1 unspecified atom stereocenters. The molecule has 3 N–H and O–H groups in total. The molecule has 3 heterocycles. The van der Waals surface area contributed by atoms with E-state index in [1.165, 1.54) is 0 Å². The average Bonchev–Trinajstić information content (AvgIpc) is 3.12. The first-order valence-corrected chi connectivity index (χ1v) is 8.84. The number of fused-ring (bicyclic) bond motifs is 1. The van der Waals surface area contributed by atoms with E-state index in [9.17, 15) is 14.4 Å². The second kappa shape index (κ2) is 6.28. The van der Waals surface area contributed by atoms with Crippen LogP contribution in [0.4, 0.5) is 4.79 Å². The van der Waals surface area contributed by atoms with Crippen molar-refractivity contribution in [1.29, 1.82) is 0 Å². The number of methoxy groups -OCH3 is 1. The lowest BCUT2D eigenvalue weighted by atomic mass is 9.77. The molecule has 0 aliphatic carbocycles. The zero-order valence-corrected chi connectivity index (χ0v) is 14.6. The van der Waals surface area contributed by atoms with Gasteiger partial charge in [-0.2, -0.15) is 0 Å². The fourth-order valence-electron chi connectivity index (χ4n) is 4.26. The van der Waals surface area contributed by atoms with E-state index in [0.717, 1.165) is 31.5 Å².